The van der Waals surface area contributed by atoms with Crippen molar-refractivity contribution in [1.29, 1.82) is 0 Å². The van der Waals surface area contributed by atoms with Crippen molar-refractivity contribution in [2.24, 2.45) is 0 Å². The summed E-state index contributed by atoms with van der Waals surface area (Å²) < 4.78 is 0. The average molecular weight is 413 g/mol. The summed E-state index contributed by atoms with van der Waals surface area (Å²) in [5, 5.41) is 5.74. The van der Waals surface area contributed by atoms with Crippen molar-refractivity contribution in [3.63, 3.8) is 0 Å². The summed E-state index contributed by atoms with van der Waals surface area (Å²) in [7, 11) is 0. The Bertz CT molecular complexity index is 780. The Hall–Kier alpha value is -2.41. The molecule has 1 aliphatic carbocycles. The second-order valence-corrected chi connectivity index (χ2v) is 8.86. The summed E-state index contributed by atoms with van der Waals surface area (Å²) >= 11 is 0. The van der Waals surface area contributed by atoms with Gasteiger partial charge in [0.15, 0.2) is 0 Å². The second kappa shape index (κ2) is 9.16. The van der Waals surface area contributed by atoms with Crippen molar-refractivity contribution in [2.75, 3.05) is 19.6 Å². The van der Waals surface area contributed by atoms with Gasteiger partial charge in [-0.2, -0.15) is 0 Å². The van der Waals surface area contributed by atoms with E-state index in [1.807, 2.05) is 0 Å². The summed E-state index contributed by atoms with van der Waals surface area (Å²) in [6.45, 7) is 3.92. The molecular weight excluding hydrogens is 380 g/mol. The van der Waals surface area contributed by atoms with E-state index < -0.39 is 5.54 Å². The SMILES string of the molecule is O=C(CCN1C(=O)NC2(CCCC2)C1=O)NCc1ccc(CN2CCCCC2)cc1. The highest BCUT2D eigenvalue weighted by Gasteiger charge is 2.52. The van der Waals surface area contributed by atoms with Crippen molar-refractivity contribution < 1.29 is 14.4 Å². The number of likely N-dealkylation sites (tertiary alicyclic amines) is 1. The van der Waals surface area contributed by atoms with Gasteiger partial charge in [-0.1, -0.05) is 43.5 Å². The molecule has 3 aliphatic rings. The molecule has 4 rings (SSSR count). The molecule has 1 spiro atoms. The normalized spacial score (nSPS) is 21.3. The van der Waals surface area contributed by atoms with Crippen molar-refractivity contribution in [2.45, 2.75) is 70.0 Å². The number of hydrogen-bond acceptors (Lipinski definition) is 4. The molecular formula is C23H32N4O3. The van der Waals surface area contributed by atoms with Gasteiger partial charge in [0.05, 0.1) is 0 Å². The fraction of sp³-hybridized carbons (Fsp3) is 0.609. The van der Waals surface area contributed by atoms with E-state index in [2.05, 4.69) is 39.8 Å². The van der Waals surface area contributed by atoms with E-state index in [1.165, 1.54) is 42.8 Å². The first-order chi connectivity index (χ1) is 14.6. The number of carbonyl (C=O) groups is 3. The van der Waals surface area contributed by atoms with Gasteiger partial charge in [0, 0.05) is 26.1 Å². The Labute approximate surface area is 178 Å². The second-order valence-electron chi connectivity index (χ2n) is 8.86. The Morgan fingerprint density at radius 3 is 2.33 bits per heavy atom. The van der Waals surface area contributed by atoms with Crippen LogP contribution < -0.4 is 10.6 Å². The lowest BCUT2D eigenvalue weighted by Crippen LogP contribution is -2.44. The number of benzene rings is 1. The van der Waals surface area contributed by atoms with Crippen molar-refractivity contribution in [3.05, 3.63) is 35.4 Å². The molecule has 30 heavy (non-hydrogen) atoms. The predicted octanol–water partition coefficient (Wildman–Crippen LogP) is 2.54. The van der Waals surface area contributed by atoms with Gasteiger partial charge in [0.25, 0.3) is 5.91 Å². The minimum absolute atomic E-state index is 0.127. The molecule has 0 radical (unpaired) electrons. The number of nitrogens with one attached hydrogen (secondary N) is 2. The number of amides is 4. The average Bonchev–Trinajstić information content (AvgIpc) is 3.32. The van der Waals surface area contributed by atoms with Crippen molar-refractivity contribution in [3.8, 4) is 0 Å². The third-order valence-corrected chi connectivity index (χ3v) is 6.63. The third kappa shape index (κ3) is 4.67. The fourth-order valence-corrected chi connectivity index (χ4v) is 4.84. The van der Waals surface area contributed by atoms with Gasteiger partial charge in [-0.05, 0) is 49.9 Å². The van der Waals surface area contributed by atoms with Crippen LogP contribution in [0.4, 0.5) is 4.79 Å². The molecule has 0 bridgehead atoms. The van der Waals surface area contributed by atoms with E-state index in [0.717, 1.165) is 24.9 Å². The van der Waals surface area contributed by atoms with Crippen LogP contribution in [0.15, 0.2) is 24.3 Å². The Morgan fingerprint density at radius 2 is 1.63 bits per heavy atom. The molecule has 162 valence electrons. The van der Waals surface area contributed by atoms with Crippen LogP contribution in [0.3, 0.4) is 0 Å². The molecule has 0 atom stereocenters. The van der Waals surface area contributed by atoms with Gasteiger partial charge < -0.3 is 10.6 Å². The highest BCUT2D eigenvalue weighted by molar-refractivity contribution is 6.07. The maximum Gasteiger partial charge on any atom is 0.325 e. The maximum absolute atomic E-state index is 12.6. The van der Waals surface area contributed by atoms with Gasteiger partial charge in [0.1, 0.15) is 5.54 Å². The van der Waals surface area contributed by atoms with E-state index in [-0.39, 0.29) is 30.8 Å². The summed E-state index contributed by atoms with van der Waals surface area (Å²) in [6, 6.07) is 8.01. The molecule has 1 aromatic carbocycles. The summed E-state index contributed by atoms with van der Waals surface area (Å²) in [6.07, 6.45) is 7.36. The maximum atomic E-state index is 12.6. The van der Waals surface area contributed by atoms with Gasteiger partial charge in [0.2, 0.25) is 5.91 Å². The summed E-state index contributed by atoms with van der Waals surface area (Å²) in [4.78, 5) is 40.7. The van der Waals surface area contributed by atoms with E-state index >= 15 is 0 Å². The highest BCUT2D eigenvalue weighted by Crippen LogP contribution is 2.35. The van der Waals surface area contributed by atoms with E-state index in [9.17, 15) is 14.4 Å². The van der Waals surface area contributed by atoms with Crippen LogP contribution in [0.2, 0.25) is 0 Å². The van der Waals surface area contributed by atoms with Crippen LogP contribution in [-0.4, -0.2) is 52.8 Å². The van der Waals surface area contributed by atoms with Crippen LogP contribution in [0.5, 0.6) is 0 Å². The van der Waals surface area contributed by atoms with Gasteiger partial charge in [-0.15, -0.1) is 0 Å². The molecule has 7 nitrogen and oxygen atoms in total. The topological polar surface area (TPSA) is 81.8 Å². The van der Waals surface area contributed by atoms with E-state index in [4.69, 9.17) is 0 Å². The lowest BCUT2D eigenvalue weighted by molar-refractivity contribution is -0.131. The molecule has 1 saturated carbocycles. The molecule has 3 fully saturated rings. The first-order valence-corrected chi connectivity index (χ1v) is 11.3. The number of hydrogen-bond donors (Lipinski definition) is 2. The molecule has 2 saturated heterocycles. The quantitative estimate of drug-likeness (QED) is 0.675. The number of rotatable bonds is 7. The first-order valence-electron chi connectivity index (χ1n) is 11.3. The Kier molecular flexibility index (Phi) is 6.37. The van der Waals surface area contributed by atoms with Crippen LogP contribution in [-0.2, 0) is 22.7 Å². The zero-order valence-electron chi connectivity index (χ0n) is 17.6. The van der Waals surface area contributed by atoms with E-state index in [0.29, 0.717) is 19.4 Å². The zero-order chi connectivity index (χ0) is 21.0. The minimum Gasteiger partial charge on any atom is -0.352 e. The lowest BCUT2D eigenvalue weighted by Gasteiger charge is -2.26. The Balaban J connectivity index is 1.20. The van der Waals surface area contributed by atoms with E-state index in [1.54, 1.807) is 0 Å². The van der Waals surface area contributed by atoms with Crippen molar-refractivity contribution >= 4 is 17.8 Å². The molecule has 1 aromatic rings. The highest BCUT2D eigenvalue weighted by atomic mass is 16.2. The third-order valence-electron chi connectivity index (χ3n) is 6.63. The number of urea groups is 1. The number of carbonyl (C=O) groups excluding carboxylic acids is 3. The molecule has 2 aliphatic heterocycles. The van der Waals surface area contributed by atoms with Gasteiger partial charge in [-0.25, -0.2) is 4.79 Å². The first kappa shape index (κ1) is 20.8. The van der Waals surface area contributed by atoms with Crippen LogP contribution in [0, 0.1) is 0 Å². The predicted molar refractivity (Wildman–Crippen MR) is 113 cm³/mol. The molecule has 7 heteroatoms. The molecule has 2 heterocycles. The standard InChI is InChI=1S/C23H32N4O3/c28-20(10-15-27-21(29)23(25-22(27)30)11-2-3-12-23)24-16-18-6-8-19(9-7-18)17-26-13-4-1-5-14-26/h6-9H,1-5,10-17H2,(H,24,28)(H,25,30). The number of imide groups is 1. The van der Waals surface area contributed by atoms with Crippen LogP contribution >= 0.6 is 0 Å². The largest absolute Gasteiger partial charge is 0.352 e. The summed E-state index contributed by atoms with van der Waals surface area (Å²) in [5.74, 6) is -0.317. The van der Waals surface area contributed by atoms with Crippen molar-refractivity contribution in [1.82, 2.24) is 20.4 Å². The zero-order valence-corrected chi connectivity index (χ0v) is 17.6. The molecule has 0 unspecified atom stereocenters. The molecule has 0 aromatic heterocycles. The number of nitrogens with zero attached hydrogens (tertiary/aromatic N) is 2. The molecule has 4 amide bonds. The molecule has 2 N–H and O–H groups in total. The van der Waals surface area contributed by atoms with Gasteiger partial charge in [-0.3, -0.25) is 19.4 Å². The van der Waals surface area contributed by atoms with Crippen LogP contribution in [0.25, 0.3) is 0 Å². The monoisotopic (exact) mass is 412 g/mol. The van der Waals surface area contributed by atoms with Gasteiger partial charge >= 0.3 is 6.03 Å². The van der Waals surface area contributed by atoms with Crippen LogP contribution in [0.1, 0.15) is 62.5 Å². The fourth-order valence-electron chi connectivity index (χ4n) is 4.84. The minimum atomic E-state index is -0.705. The smallest absolute Gasteiger partial charge is 0.325 e. The number of piperidine rings is 1. The Morgan fingerprint density at radius 1 is 0.967 bits per heavy atom. The lowest BCUT2D eigenvalue weighted by atomic mass is 9.98. The summed E-state index contributed by atoms with van der Waals surface area (Å²) in [5.41, 5.74) is 1.64.